The molecule has 1 heterocycles. The van der Waals surface area contributed by atoms with Crippen LogP contribution in [0.1, 0.15) is 88.6 Å². The Balaban J connectivity index is -0.000000430. The predicted molar refractivity (Wildman–Crippen MR) is 359 cm³/mol. The summed E-state index contributed by atoms with van der Waals surface area (Å²) in [7, 11) is 0. The summed E-state index contributed by atoms with van der Waals surface area (Å²) in [5.74, 6) is -8.72. The lowest BCUT2D eigenvalue weighted by Crippen LogP contribution is -2.37. The number of carbonyl (C=O) groups excluding carboxylic acids is 7. The molecule has 0 aliphatic rings. The molecule has 63 nitrogen and oxygen atoms in total. The number of esters is 2. The van der Waals surface area contributed by atoms with Gasteiger partial charge in [0.15, 0.2) is 18.1 Å². The minimum atomic E-state index is -1.32. The molecule has 672 valence electrons. The molecule has 0 aliphatic heterocycles. The van der Waals surface area contributed by atoms with Crippen LogP contribution in [0.3, 0.4) is 0 Å². The minimum Gasteiger partial charge on any atom is -0.480 e. The van der Waals surface area contributed by atoms with Gasteiger partial charge in [-0.3, -0.25) is 33.6 Å². The van der Waals surface area contributed by atoms with Crippen molar-refractivity contribution >= 4 is 72.6 Å². The van der Waals surface area contributed by atoms with Crippen LogP contribution in [0.4, 0.5) is 24.0 Å². The lowest BCUT2D eigenvalue weighted by molar-refractivity contribution is -0.758. The molecule has 1 aromatic rings. The van der Waals surface area contributed by atoms with Gasteiger partial charge < -0.3 is 159 Å². The standard InChI is InChI=1S/C12H16N2O10.C10H18N2O8.C9H16N2O8.C8H14N2O9.C8H14N2O8.C7H12N2O8/c1-7-9(24-12(17)23-7)6-21-11(16)8(13)5-20-10(15)3-2-4-22-14(18)19;11-8(9(13)14)7-19-10(15)18-5-3-1-2-4-6-20-12(16)17;10-7(8(12)13)6-18-9(14)17-4-2-1-3-5-19-11(15)16;9-6(7(11)12)5-18-8(13)17-3-1-16-2-4-19-10(14)15;9-6(7(11)12)5-17-8(13)16-3-1-2-4-18-10(14)15;8-5(6(10)11)4-16-7(12)15-2-1-3-17-9(13)14/h8H,2-6,13H2,1H3;8H,1-7,11H2,(H,13,14);7H,1-6,10H2,(H,12,13);6H,1-5,9H2,(H,11,12);6H,1-5,9H2,(H,11,12);5H,1-4,8H2,(H,10,11). The normalized spacial score (nSPS) is 11.4. The number of ether oxygens (including phenoxy) is 13. The van der Waals surface area contributed by atoms with Crippen LogP contribution in [0.2, 0.25) is 0 Å². The van der Waals surface area contributed by atoms with Crippen LogP contribution in [0.15, 0.2) is 13.6 Å². The minimum absolute atomic E-state index is 0.00902. The fourth-order valence-electron chi connectivity index (χ4n) is 5.62. The van der Waals surface area contributed by atoms with E-state index >= 15 is 0 Å². The van der Waals surface area contributed by atoms with Gasteiger partial charge in [-0.15, -0.1) is 60.7 Å². The Morgan fingerprint density at radius 3 is 0.889 bits per heavy atom. The van der Waals surface area contributed by atoms with E-state index in [0.717, 1.165) is 0 Å². The second kappa shape index (κ2) is 72.8. The lowest BCUT2D eigenvalue weighted by Gasteiger charge is -2.11. The number of hydrogen-bond donors (Lipinski definition) is 11. The third-order valence-electron chi connectivity index (χ3n) is 11.3. The Morgan fingerprint density at radius 2 is 0.573 bits per heavy atom. The zero-order valence-electron chi connectivity index (χ0n) is 61.8. The first-order chi connectivity index (χ1) is 54.9. The molecule has 0 amide bonds. The largest absolute Gasteiger partial charge is 0.519 e. The van der Waals surface area contributed by atoms with Crippen molar-refractivity contribution in [3.63, 3.8) is 0 Å². The maximum atomic E-state index is 11.6. The van der Waals surface area contributed by atoms with Crippen LogP contribution < -0.4 is 40.2 Å². The van der Waals surface area contributed by atoms with Crippen molar-refractivity contribution in [1.29, 1.82) is 0 Å². The SMILES string of the molecule is Cc1oc(=O)oc1COC(=O)C(N)COC(=O)CCCO[N+](=O)[O-].NC(COC(=O)OCCCCCCO[N+](=O)[O-])C(=O)O.NC(COC(=O)OCCCCCO[N+](=O)[O-])C(=O)O.NC(COC(=O)OCCCCO[N+](=O)[O-])C(=O)O.NC(COC(=O)OCCCO[N+](=O)[O-])C(=O)O.NC(COC(=O)OCCOCCO[N+](=O)[O-])C(=O)O. The van der Waals surface area contributed by atoms with Crippen molar-refractivity contribution in [2.75, 3.05) is 126 Å². The molecule has 0 spiro atoms. The second-order valence-electron chi connectivity index (χ2n) is 20.7. The molecule has 0 radical (unpaired) electrons. The van der Waals surface area contributed by atoms with E-state index in [0.29, 0.717) is 57.8 Å². The molecule has 0 aromatic carbocycles. The van der Waals surface area contributed by atoms with Gasteiger partial charge in [0.05, 0.1) is 72.7 Å². The number of unbranched alkanes of at least 4 members (excludes halogenated alkanes) is 6. The van der Waals surface area contributed by atoms with Crippen LogP contribution in [0.5, 0.6) is 0 Å². The summed E-state index contributed by atoms with van der Waals surface area (Å²) in [6.07, 6.45) is -0.384. The topological polar surface area (TPSA) is 940 Å². The predicted octanol–water partition coefficient (Wildman–Crippen LogP) is -2.84. The van der Waals surface area contributed by atoms with Gasteiger partial charge in [-0.1, -0.05) is 6.42 Å². The lowest BCUT2D eigenvalue weighted by atomic mass is 10.2. The van der Waals surface area contributed by atoms with Crippen LogP contribution in [0.25, 0.3) is 0 Å². The first kappa shape index (κ1) is 112. The van der Waals surface area contributed by atoms with Gasteiger partial charge in [-0.25, -0.2) is 28.8 Å². The van der Waals surface area contributed by atoms with E-state index in [2.05, 4.69) is 85.2 Å². The van der Waals surface area contributed by atoms with Crippen LogP contribution in [0, 0.1) is 67.6 Å². The highest BCUT2D eigenvalue weighted by Gasteiger charge is 2.22. The third-order valence-corrected chi connectivity index (χ3v) is 11.3. The molecule has 0 fully saturated rings. The number of carbonyl (C=O) groups is 12. The van der Waals surface area contributed by atoms with Gasteiger partial charge in [-0.2, -0.15) is 0 Å². The zero-order chi connectivity index (χ0) is 90.1. The number of carboxylic acid groups (broad SMARTS) is 5. The van der Waals surface area contributed by atoms with Gasteiger partial charge in [0, 0.05) is 12.8 Å². The van der Waals surface area contributed by atoms with E-state index in [1.807, 2.05) is 0 Å². The van der Waals surface area contributed by atoms with Crippen LogP contribution in [-0.4, -0.2) is 290 Å². The van der Waals surface area contributed by atoms with Crippen molar-refractivity contribution in [1.82, 2.24) is 0 Å². The highest BCUT2D eigenvalue weighted by molar-refractivity contribution is 5.77. The maximum absolute atomic E-state index is 11.6. The first-order valence-electron chi connectivity index (χ1n) is 32.7. The van der Waals surface area contributed by atoms with E-state index in [1.165, 1.54) is 6.92 Å². The number of rotatable bonds is 58. The van der Waals surface area contributed by atoms with Crippen LogP contribution in [-0.2, 0) is 131 Å². The maximum Gasteiger partial charge on any atom is 0.519 e. The Hall–Kier alpha value is -13.4. The van der Waals surface area contributed by atoms with Crippen LogP contribution >= 0.6 is 0 Å². The number of aliphatic carboxylic acids is 5. The van der Waals surface area contributed by atoms with E-state index < -0.39 is 185 Å². The Labute approximate surface area is 654 Å². The third kappa shape index (κ3) is 81.9. The number of hydrogen-bond acceptors (Lipinski definition) is 52. The molecule has 0 saturated heterocycles. The van der Waals surface area contributed by atoms with Crippen molar-refractivity contribution in [3.8, 4) is 0 Å². The van der Waals surface area contributed by atoms with E-state index in [-0.39, 0.29) is 123 Å². The Morgan fingerprint density at radius 1 is 0.316 bits per heavy atom. The van der Waals surface area contributed by atoms with Gasteiger partial charge in [0.1, 0.15) is 89.1 Å². The molecular formula is C54H90N12O51. The molecule has 1 aromatic heterocycles. The van der Waals surface area contributed by atoms with Gasteiger partial charge in [-0.05, 0) is 64.7 Å². The van der Waals surface area contributed by atoms with E-state index in [1.54, 1.807) is 0 Å². The number of nitrogens with zero attached hydrogens (tertiary/aromatic N) is 6. The molecule has 0 bridgehead atoms. The van der Waals surface area contributed by atoms with Crippen molar-refractivity contribution in [3.05, 3.63) is 82.8 Å². The van der Waals surface area contributed by atoms with E-state index in [9.17, 15) is 123 Å². The molecule has 0 aliphatic carbocycles. The summed E-state index contributed by atoms with van der Waals surface area (Å²) in [5, 5.41) is 95.2. The average Bonchev–Trinajstić information content (AvgIpc) is 1.75. The molecule has 0 saturated carbocycles. The molecule has 117 heavy (non-hydrogen) atoms. The highest BCUT2D eigenvalue weighted by atomic mass is 17.0. The number of aryl methyl sites for hydroxylation is 1. The van der Waals surface area contributed by atoms with Crippen molar-refractivity contribution in [2.24, 2.45) is 34.4 Å². The van der Waals surface area contributed by atoms with E-state index in [4.69, 9.17) is 74.1 Å². The average molecular weight is 1720 g/mol. The van der Waals surface area contributed by atoms with Crippen molar-refractivity contribution < 1.29 is 213 Å². The zero-order valence-corrected chi connectivity index (χ0v) is 61.8. The summed E-state index contributed by atoms with van der Waals surface area (Å²) in [6, 6.07) is -7.73. The fraction of sp³-hybridized carbons (Fsp3) is 0.722. The molecule has 17 N–H and O–H groups in total. The molecule has 1 rings (SSSR count). The molecule has 6 atom stereocenters. The molecular weight excluding hydrogens is 1630 g/mol. The number of carboxylic acids is 5. The summed E-state index contributed by atoms with van der Waals surface area (Å²) in [6.45, 7) is -2.66. The summed E-state index contributed by atoms with van der Waals surface area (Å²) in [4.78, 5) is 223. The molecule has 63 heteroatoms. The number of nitrogens with two attached hydrogens (primary N) is 6. The Bertz CT molecular complexity index is 3120. The molecule has 6 unspecified atom stereocenters. The first-order valence-corrected chi connectivity index (χ1v) is 32.7. The summed E-state index contributed by atoms with van der Waals surface area (Å²) >= 11 is 0. The highest BCUT2D eigenvalue weighted by Crippen LogP contribution is 2.08. The van der Waals surface area contributed by atoms with Gasteiger partial charge >= 0.3 is 78.4 Å². The van der Waals surface area contributed by atoms with Gasteiger partial charge in [0.25, 0.3) is 30.5 Å². The van der Waals surface area contributed by atoms with Gasteiger partial charge in [0.2, 0.25) is 0 Å². The Kier molecular flexibility index (Phi) is 69.8. The van der Waals surface area contributed by atoms with Crippen molar-refractivity contribution in [2.45, 2.75) is 127 Å². The fourth-order valence-corrected chi connectivity index (χ4v) is 5.62. The smallest absolute Gasteiger partial charge is 0.480 e. The summed E-state index contributed by atoms with van der Waals surface area (Å²) in [5.41, 5.74) is 30.9. The second-order valence-corrected chi connectivity index (χ2v) is 20.7. The quantitative estimate of drug-likeness (QED) is 0.0103. The monoisotopic (exact) mass is 1720 g/mol. The summed E-state index contributed by atoms with van der Waals surface area (Å²) < 4.78 is 68.4.